The Morgan fingerprint density at radius 3 is 2.32 bits per heavy atom. The van der Waals surface area contributed by atoms with Gasteiger partial charge in [0, 0.05) is 29.7 Å². The predicted molar refractivity (Wildman–Crippen MR) is 122 cm³/mol. The highest BCUT2D eigenvalue weighted by Crippen LogP contribution is 2.26. The third-order valence-electron chi connectivity index (χ3n) is 4.68. The molecule has 0 radical (unpaired) electrons. The summed E-state index contributed by atoms with van der Waals surface area (Å²) in [5.41, 5.74) is 3.10. The van der Waals surface area contributed by atoms with E-state index in [9.17, 15) is 9.59 Å². The zero-order chi connectivity index (χ0) is 22.5. The van der Waals surface area contributed by atoms with Gasteiger partial charge in [0.1, 0.15) is 0 Å². The summed E-state index contributed by atoms with van der Waals surface area (Å²) in [6.07, 6.45) is 0. The molecule has 0 unspecified atom stereocenters. The molecule has 0 spiro atoms. The SMILES string of the molecule is CCOC(=O)c1cc(-c2ccc(Cl)cc2)n(-c2ccc(C(=O)N(C)CC(C)C)cc2)n1. The number of benzene rings is 2. The molecule has 7 heteroatoms. The Labute approximate surface area is 187 Å². The van der Waals surface area contributed by atoms with Gasteiger partial charge in [-0.25, -0.2) is 9.48 Å². The fourth-order valence-electron chi connectivity index (χ4n) is 3.31. The lowest BCUT2D eigenvalue weighted by molar-refractivity contribution is 0.0518. The highest BCUT2D eigenvalue weighted by molar-refractivity contribution is 6.30. The number of nitrogens with zero attached hydrogens (tertiary/aromatic N) is 3. The normalized spacial score (nSPS) is 10.9. The second kappa shape index (κ2) is 9.79. The lowest BCUT2D eigenvalue weighted by Gasteiger charge is -2.19. The second-order valence-electron chi connectivity index (χ2n) is 7.68. The summed E-state index contributed by atoms with van der Waals surface area (Å²) in [5, 5.41) is 5.08. The number of carbonyl (C=O) groups is 2. The smallest absolute Gasteiger partial charge is 0.358 e. The summed E-state index contributed by atoms with van der Waals surface area (Å²) in [7, 11) is 1.80. The number of esters is 1. The van der Waals surface area contributed by atoms with Crippen LogP contribution in [-0.4, -0.2) is 46.8 Å². The zero-order valence-electron chi connectivity index (χ0n) is 18.1. The molecular formula is C24H26ClN3O3. The van der Waals surface area contributed by atoms with Crippen LogP contribution in [0.1, 0.15) is 41.6 Å². The zero-order valence-corrected chi connectivity index (χ0v) is 18.9. The Hall–Kier alpha value is -3.12. The molecule has 162 valence electrons. The largest absolute Gasteiger partial charge is 0.461 e. The van der Waals surface area contributed by atoms with Crippen molar-refractivity contribution in [2.24, 2.45) is 5.92 Å². The van der Waals surface area contributed by atoms with E-state index in [1.54, 1.807) is 53.9 Å². The molecule has 0 fully saturated rings. The van der Waals surface area contributed by atoms with Gasteiger partial charge in [0.05, 0.1) is 18.0 Å². The molecule has 1 heterocycles. The molecule has 31 heavy (non-hydrogen) atoms. The van der Waals surface area contributed by atoms with Crippen LogP contribution >= 0.6 is 11.6 Å². The van der Waals surface area contributed by atoms with Crippen LogP contribution in [0.5, 0.6) is 0 Å². The fourth-order valence-corrected chi connectivity index (χ4v) is 3.43. The lowest BCUT2D eigenvalue weighted by atomic mass is 10.1. The van der Waals surface area contributed by atoms with Gasteiger partial charge in [0.2, 0.25) is 0 Å². The van der Waals surface area contributed by atoms with E-state index in [4.69, 9.17) is 16.3 Å². The summed E-state index contributed by atoms with van der Waals surface area (Å²) < 4.78 is 6.78. The van der Waals surface area contributed by atoms with Crippen molar-refractivity contribution in [1.82, 2.24) is 14.7 Å². The highest BCUT2D eigenvalue weighted by Gasteiger charge is 2.18. The quantitative estimate of drug-likeness (QED) is 0.480. The second-order valence-corrected chi connectivity index (χ2v) is 8.12. The topological polar surface area (TPSA) is 64.4 Å². The molecule has 1 aromatic heterocycles. The van der Waals surface area contributed by atoms with Crippen LogP contribution in [0.25, 0.3) is 16.9 Å². The van der Waals surface area contributed by atoms with Gasteiger partial charge in [-0.3, -0.25) is 4.79 Å². The van der Waals surface area contributed by atoms with Crippen molar-refractivity contribution in [1.29, 1.82) is 0 Å². The Kier molecular flexibility index (Phi) is 7.13. The fraction of sp³-hybridized carbons (Fsp3) is 0.292. The van der Waals surface area contributed by atoms with Gasteiger partial charge < -0.3 is 9.64 Å². The highest BCUT2D eigenvalue weighted by atomic mass is 35.5. The van der Waals surface area contributed by atoms with Gasteiger partial charge in [-0.15, -0.1) is 0 Å². The molecule has 0 aliphatic heterocycles. The number of rotatable bonds is 7. The number of halogens is 1. The number of amides is 1. The molecule has 1 amide bonds. The van der Waals surface area contributed by atoms with Crippen LogP contribution < -0.4 is 0 Å². The molecule has 6 nitrogen and oxygen atoms in total. The van der Waals surface area contributed by atoms with Crippen molar-refractivity contribution in [3.8, 4) is 16.9 Å². The lowest BCUT2D eigenvalue weighted by Crippen LogP contribution is -2.30. The first kappa shape index (κ1) is 22.6. The van der Waals surface area contributed by atoms with Crippen molar-refractivity contribution in [3.05, 3.63) is 70.9 Å². The Bertz CT molecular complexity index is 1060. The van der Waals surface area contributed by atoms with Crippen molar-refractivity contribution in [2.45, 2.75) is 20.8 Å². The van der Waals surface area contributed by atoms with Crippen LogP contribution in [0.4, 0.5) is 0 Å². The summed E-state index contributed by atoms with van der Waals surface area (Å²) in [5.74, 6) is -0.134. The molecule has 0 aliphatic carbocycles. The van der Waals surface area contributed by atoms with Crippen LogP contribution in [0.2, 0.25) is 5.02 Å². The average molecular weight is 440 g/mol. The molecule has 3 aromatic rings. The van der Waals surface area contributed by atoms with Crippen molar-refractivity contribution in [2.75, 3.05) is 20.2 Å². The molecular weight excluding hydrogens is 414 g/mol. The van der Waals surface area contributed by atoms with Crippen molar-refractivity contribution < 1.29 is 14.3 Å². The van der Waals surface area contributed by atoms with E-state index in [1.807, 2.05) is 24.3 Å². The van der Waals surface area contributed by atoms with Crippen LogP contribution in [-0.2, 0) is 4.74 Å². The standard InChI is InChI=1S/C24H26ClN3O3/c1-5-31-24(30)21-14-22(17-6-10-19(25)11-7-17)28(26-21)20-12-8-18(9-13-20)23(29)27(4)15-16(2)3/h6-14,16H,5,15H2,1-4H3. The molecule has 0 atom stereocenters. The number of hydrogen-bond donors (Lipinski definition) is 0. The van der Waals surface area contributed by atoms with Crippen LogP contribution in [0.3, 0.4) is 0 Å². The number of aromatic nitrogens is 2. The van der Waals surface area contributed by atoms with E-state index in [0.29, 0.717) is 23.0 Å². The Morgan fingerprint density at radius 2 is 1.74 bits per heavy atom. The minimum Gasteiger partial charge on any atom is -0.461 e. The van der Waals surface area contributed by atoms with E-state index in [0.717, 1.165) is 16.9 Å². The van der Waals surface area contributed by atoms with Gasteiger partial charge in [-0.1, -0.05) is 37.6 Å². The molecule has 0 aliphatic rings. The van der Waals surface area contributed by atoms with Gasteiger partial charge in [0.25, 0.3) is 5.91 Å². The predicted octanol–water partition coefficient (Wildman–Crippen LogP) is 5.10. The molecule has 0 N–H and O–H groups in total. The molecule has 0 bridgehead atoms. The molecule has 2 aromatic carbocycles. The van der Waals surface area contributed by atoms with Crippen LogP contribution in [0.15, 0.2) is 54.6 Å². The number of ether oxygens (including phenoxy) is 1. The van der Waals surface area contributed by atoms with Crippen molar-refractivity contribution >= 4 is 23.5 Å². The third-order valence-corrected chi connectivity index (χ3v) is 4.93. The monoisotopic (exact) mass is 439 g/mol. The molecule has 3 rings (SSSR count). The van der Waals surface area contributed by atoms with E-state index < -0.39 is 5.97 Å². The Morgan fingerprint density at radius 1 is 1.10 bits per heavy atom. The minimum absolute atomic E-state index is 0.0362. The number of carbonyl (C=O) groups excluding carboxylic acids is 2. The minimum atomic E-state index is -0.487. The van der Waals surface area contributed by atoms with E-state index in [1.165, 1.54) is 0 Å². The molecule has 0 saturated heterocycles. The third kappa shape index (κ3) is 5.33. The van der Waals surface area contributed by atoms with Gasteiger partial charge >= 0.3 is 5.97 Å². The van der Waals surface area contributed by atoms with E-state index in [-0.39, 0.29) is 18.2 Å². The number of hydrogen-bond acceptors (Lipinski definition) is 4. The first-order chi connectivity index (χ1) is 14.8. The first-order valence-corrected chi connectivity index (χ1v) is 10.6. The maximum atomic E-state index is 12.6. The first-order valence-electron chi connectivity index (χ1n) is 10.2. The van der Waals surface area contributed by atoms with Gasteiger partial charge in [-0.05, 0) is 55.3 Å². The maximum Gasteiger partial charge on any atom is 0.358 e. The van der Waals surface area contributed by atoms with Gasteiger partial charge in [0.15, 0.2) is 5.69 Å². The molecule has 0 saturated carbocycles. The van der Waals surface area contributed by atoms with Gasteiger partial charge in [-0.2, -0.15) is 5.10 Å². The summed E-state index contributed by atoms with van der Waals surface area (Å²) in [4.78, 5) is 26.6. The van der Waals surface area contributed by atoms with E-state index in [2.05, 4.69) is 18.9 Å². The Balaban J connectivity index is 1.98. The summed E-state index contributed by atoms with van der Waals surface area (Å²) in [6.45, 7) is 6.85. The maximum absolute atomic E-state index is 12.6. The average Bonchev–Trinajstić information content (AvgIpc) is 3.19. The summed E-state index contributed by atoms with van der Waals surface area (Å²) in [6, 6.07) is 16.2. The summed E-state index contributed by atoms with van der Waals surface area (Å²) >= 11 is 6.02. The van der Waals surface area contributed by atoms with E-state index >= 15 is 0 Å². The van der Waals surface area contributed by atoms with Crippen LogP contribution in [0, 0.1) is 5.92 Å². The van der Waals surface area contributed by atoms with Crippen molar-refractivity contribution in [3.63, 3.8) is 0 Å².